The predicted octanol–water partition coefficient (Wildman–Crippen LogP) is 2.97. The van der Waals surface area contributed by atoms with Gasteiger partial charge in [-0.25, -0.2) is 0 Å². The van der Waals surface area contributed by atoms with Gasteiger partial charge in [-0.3, -0.25) is 14.4 Å². The first-order valence-electron chi connectivity index (χ1n) is 9.32. The van der Waals surface area contributed by atoms with Crippen LogP contribution < -0.4 is 10.6 Å². The second-order valence-electron chi connectivity index (χ2n) is 8.47. The number of carboxylic acids is 1. The molecule has 1 rings (SSSR count). The van der Waals surface area contributed by atoms with Crippen molar-refractivity contribution in [2.24, 2.45) is 11.8 Å². The van der Waals surface area contributed by atoms with E-state index in [0.29, 0.717) is 5.56 Å². The van der Waals surface area contributed by atoms with Crippen LogP contribution in [-0.4, -0.2) is 35.5 Å². The molecule has 150 valence electrons. The first-order chi connectivity index (χ1) is 12.4. The van der Waals surface area contributed by atoms with Crippen LogP contribution in [0.2, 0.25) is 0 Å². The number of rotatable bonds is 8. The van der Waals surface area contributed by atoms with Gasteiger partial charge in [0.05, 0.1) is 0 Å². The molecule has 1 aromatic carbocycles. The Morgan fingerprint density at radius 3 is 2.04 bits per heavy atom. The molecule has 27 heavy (non-hydrogen) atoms. The lowest BCUT2D eigenvalue weighted by atomic mass is 9.86. The molecule has 0 fully saturated rings. The zero-order chi connectivity index (χ0) is 20.8. The topological polar surface area (TPSA) is 95.5 Å². The second kappa shape index (κ2) is 9.53. The van der Waals surface area contributed by atoms with Crippen LogP contribution in [0.3, 0.4) is 0 Å². The Bertz CT molecular complexity index is 660. The van der Waals surface area contributed by atoms with E-state index in [1.165, 1.54) is 0 Å². The van der Waals surface area contributed by atoms with E-state index in [-0.39, 0.29) is 42.0 Å². The fourth-order valence-electron chi connectivity index (χ4n) is 2.64. The lowest BCUT2D eigenvalue weighted by Crippen LogP contribution is -2.50. The van der Waals surface area contributed by atoms with Crippen molar-refractivity contribution < 1.29 is 19.5 Å². The molecule has 0 saturated carbocycles. The Labute approximate surface area is 161 Å². The minimum Gasteiger partial charge on any atom is -0.481 e. The molecule has 0 saturated heterocycles. The summed E-state index contributed by atoms with van der Waals surface area (Å²) < 4.78 is 0. The quantitative estimate of drug-likeness (QED) is 0.650. The highest BCUT2D eigenvalue weighted by atomic mass is 16.4. The standard InChI is InChI=1S/C21H32N2O4/c1-13(2)18(20(27)22-12-14(3)11-17(24)25)23-19(26)15-7-9-16(10-8-15)21(4,5)6/h7-10,13-14,18H,11-12H2,1-6H3,(H,22,27)(H,23,26)(H,24,25). The lowest BCUT2D eigenvalue weighted by Gasteiger charge is -2.23. The summed E-state index contributed by atoms with van der Waals surface area (Å²) in [6.45, 7) is 12.0. The number of hydrogen-bond acceptors (Lipinski definition) is 3. The number of aliphatic carboxylic acids is 1. The first kappa shape index (κ1) is 22.7. The van der Waals surface area contributed by atoms with Crippen molar-refractivity contribution in [1.82, 2.24) is 10.6 Å². The van der Waals surface area contributed by atoms with Gasteiger partial charge in [0.1, 0.15) is 6.04 Å². The van der Waals surface area contributed by atoms with Crippen LogP contribution in [-0.2, 0) is 15.0 Å². The van der Waals surface area contributed by atoms with Gasteiger partial charge in [-0.2, -0.15) is 0 Å². The van der Waals surface area contributed by atoms with Crippen molar-refractivity contribution in [3.05, 3.63) is 35.4 Å². The van der Waals surface area contributed by atoms with Crippen LogP contribution in [0, 0.1) is 11.8 Å². The van der Waals surface area contributed by atoms with Gasteiger partial charge in [0, 0.05) is 18.5 Å². The Balaban J connectivity index is 2.74. The molecule has 2 amide bonds. The molecule has 3 N–H and O–H groups in total. The van der Waals surface area contributed by atoms with Gasteiger partial charge in [-0.15, -0.1) is 0 Å². The molecule has 2 atom stereocenters. The van der Waals surface area contributed by atoms with E-state index >= 15 is 0 Å². The van der Waals surface area contributed by atoms with E-state index < -0.39 is 12.0 Å². The molecule has 2 unspecified atom stereocenters. The normalized spacial score (nSPS) is 13.7. The summed E-state index contributed by atoms with van der Waals surface area (Å²) in [5, 5.41) is 14.3. The molecule has 6 heteroatoms. The van der Waals surface area contributed by atoms with E-state index in [4.69, 9.17) is 5.11 Å². The first-order valence-corrected chi connectivity index (χ1v) is 9.32. The van der Waals surface area contributed by atoms with Gasteiger partial charge >= 0.3 is 5.97 Å². The van der Waals surface area contributed by atoms with Crippen molar-refractivity contribution in [2.45, 2.75) is 59.4 Å². The monoisotopic (exact) mass is 376 g/mol. The molecule has 0 heterocycles. The van der Waals surface area contributed by atoms with Crippen LogP contribution in [0.1, 0.15) is 63.9 Å². The second-order valence-corrected chi connectivity index (χ2v) is 8.47. The van der Waals surface area contributed by atoms with E-state index in [9.17, 15) is 14.4 Å². The van der Waals surface area contributed by atoms with Crippen molar-refractivity contribution in [1.29, 1.82) is 0 Å². The Morgan fingerprint density at radius 2 is 1.59 bits per heavy atom. The van der Waals surface area contributed by atoms with Crippen LogP contribution in [0.25, 0.3) is 0 Å². The van der Waals surface area contributed by atoms with Crippen LogP contribution in [0.4, 0.5) is 0 Å². The van der Waals surface area contributed by atoms with Gasteiger partial charge in [0.2, 0.25) is 5.91 Å². The molecule has 0 aliphatic rings. The summed E-state index contributed by atoms with van der Waals surface area (Å²) in [5.41, 5.74) is 1.63. The molecule has 1 aromatic rings. The number of nitrogens with one attached hydrogen (secondary N) is 2. The largest absolute Gasteiger partial charge is 0.481 e. The SMILES string of the molecule is CC(CNC(=O)C(NC(=O)c1ccc(C(C)(C)C)cc1)C(C)C)CC(=O)O. The molecule has 0 aliphatic heterocycles. The average Bonchev–Trinajstić information content (AvgIpc) is 2.55. The van der Waals surface area contributed by atoms with E-state index in [1.54, 1.807) is 19.1 Å². The maximum Gasteiger partial charge on any atom is 0.303 e. The van der Waals surface area contributed by atoms with Gasteiger partial charge in [-0.1, -0.05) is 53.7 Å². The molecule has 0 aromatic heterocycles. The third-order valence-corrected chi connectivity index (χ3v) is 4.40. The lowest BCUT2D eigenvalue weighted by molar-refractivity contribution is -0.138. The van der Waals surface area contributed by atoms with Gasteiger partial charge in [0.15, 0.2) is 0 Å². The number of amides is 2. The summed E-state index contributed by atoms with van der Waals surface area (Å²) in [6, 6.07) is 6.69. The van der Waals surface area contributed by atoms with E-state index in [1.807, 2.05) is 26.0 Å². The maximum atomic E-state index is 12.5. The van der Waals surface area contributed by atoms with Crippen LogP contribution >= 0.6 is 0 Å². The molecule has 0 bridgehead atoms. The van der Waals surface area contributed by atoms with Gasteiger partial charge < -0.3 is 15.7 Å². The maximum absolute atomic E-state index is 12.5. The summed E-state index contributed by atoms with van der Waals surface area (Å²) in [7, 11) is 0. The molecule has 0 radical (unpaired) electrons. The minimum atomic E-state index is -0.899. The highest BCUT2D eigenvalue weighted by molar-refractivity contribution is 5.97. The molecule has 0 spiro atoms. The number of carboxylic acid groups (broad SMARTS) is 1. The fraction of sp³-hybridized carbons (Fsp3) is 0.571. The smallest absolute Gasteiger partial charge is 0.303 e. The van der Waals surface area contributed by atoms with E-state index in [2.05, 4.69) is 31.4 Å². The van der Waals surface area contributed by atoms with E-state index in [0.717, 1.165) is 5.56 Å². The summed E-state index contributed by atoms with van der Waals surface area (Å²) in [6.07, 6.45) is -0.0148. The summed E-state index contributed by atoms with van der Waals surface area (Å²) >= 11 is 0. The molecular weight excluding hydrogens is 344 g/mol. The van der Waals surface area contributed by atoms with Crippen LogP contribution in [0.15, 0.2) is 24.3 Å². The third kappa shape index (κ3) is 7.41. The fourth-order valence-corrected chi connectivity index (χ4v) is 2.64. The number of carbonyl (C=O) groups is 3. The summed E-state index contributed by atoms with van der Waals surface area (Å²) in [5.74, 6) is -1.79. The molecule has 6 nitrogen and oxygen atoms in total. The van der Waals surface area contributed by atoms with Crippen molar-refractivity contribution in [2.75, 3.05) is 6.54 Å². The van der Waals surface area contributed by atoms with Crippen LogP contribution in [0.5, 0.6) is 0 Å². The number of carbonyl (C=O) groups excluding carboxylic acids is 2. The third-order valence-electron chi connectivity index (χ3n) is 4.40. The summed E-state index contributed by atoms with van der Waals surface area (Å²) in [4.78, 5) is 35.7. The highest BCUT2D eigenvalue weighted by Crippen LogP contribution is 2.22. The van der Waals surface area contributed by atoms with Crippen molar-refractivity contribution in [3.8, 4) is 0 Å². The Morgan fingerprint density at radius 1 is 1.04 bits per heavy atom. The molecular formula is C21H32N2O4. The zero-order valence-electron chi connectivity index (χ0n) is 17.1. The minimum absolute atomic E-state index is 0.00199. The van der Waals surface area contributed by atoms with Crippen molar-refractivity contribution in [3.63, 3.8) is 0 Å². The van der Waals surface area contributed by atoms with Crippen molar-refractivity contribution >= 4 is 17.8 Å². The zero-order valence-corrected chi connectivity index (χ0v) is 17.1. The predicted molar refractivity (Wildman–Crippen MR) is 106 cm³/mol. The average molecular weight is 376 g/mol. The highest BCUT2D eigenvalue weighted by Gasteiger charge is 2.25. The number of benzene rings is 1. The Kier molecular flexibility index (Phi) is 8.00. The molecule has 0 aliphatic carbocycles. The Hall–Kier alpha value is -2.37. The number of hydrogen-bond donors (Lipinski definition) is 3. The van der Waals surface area contributed by atoms with Gasteiger partial charge in [-0.05, 0) is 34.9 Å². The van der Waals surface area contributed by atoms with Gasteiger partial charge in [0.25, 0.3) is 5.91 Å².